The van der Waals surface area contributed by atoms with Crippen molar-refractivity contribution in [2.24, 2.45) is 0 Å². The molecule has 8 nitrogen and oxygen atoms in total. The SMILES string of the molecule is CN1C[C@H]2CC[C@@H](C1)N2Cc1ccc(NC(=O)Nc2ccc(Oc3ccnc4[nH]cc(Cl)c34)cc2F)cc1C(F)(F)F. The van der Waals surface area contributed by atoms with Crippen LogP contribution in [0.2, 0.25) is 5.02 Å². The Balaban J connectivity index is 1.14. The Morgan fingerprint density at radius 2 is 1.88 bits per heavy atom. The van der Waals surface area contributed by atoms with Gasteiger partial charge in [0.05, 0.1) is 21.7 Å². The molecular formula is C29H27ClF4N6O2. The number of aromatic nitrogens is 2. The van der Waals surface area contributed by atoms with Gasteiger partial charge in [-0.25, -0.2) is 14.2 Å². The average molecular weight is 603 g/mol. The topological polar surface area (TPSA) is 85.5 Å². The highest BCUT2D eigenvalue weighted by Crippen LogP contribution is 2.38. The number of aromatic amines is 1. The van der Waals surface area contributed by atoms with Gasteiger partial charge in [-0.15, -0.1) is 0 Å². The van der Waals surface area contributed by atoms with Crippen LogP contribution in [0, 0.1) is 5.82 Å². The number of nitrogens with zero attached hydrogens (tertiary/aromatic N) is 3. The van der Waals surface area contributed by atoms with E-state index in [0.717, 1.165) is 38.1 Å². The van der Waals surface area contributed by atoms with E-state index in [1.54, 1.807) is 12.3 Å². The van der Waals surface area contributed by atoms with E-state index in [2.05, 4.69) is 30.4 Å². The van der Waals surface area contributed by atoms with Crippen LogP contribution in [0.15, 0.2) is 54.9 Å². The zero-order valence-electron chi connectivity index (χ0n) is 22.4. The van der Waals surface area contributed by atoms with Crippen LogP contribution in [-0.4, -0.2) is 58.0 Å². The smallest absolute Gasteiger partial charge is 0.416 e. The number of nitrogens with one attached hydrogen (secondary N) is 3. The summed E-state index contributed by atoms with van der Waals surface area (Å²) in [5, 5.41) is 5.63. The molecule has 3 N–H and O–H groups in total. The van der Waals surface area contributed by atoms with Crippen LogP contribution in [0.3, 0.4) is 0 Å². The van der Waals surface area contributed by atoms with E-state index >= 15 is 0 Å². The van der Waals surface area contributed by atoms with Gasteiger partial charge in [0.2, 0.25) is 0 Å². The first kappa shape index (κ1) is 28.3. The van der Waals surface area contributed by atoms with Gasteiger partial charge in [0.25, 0.3) is 0 Å². The summed E-state index contributed by atoms with van der Waals surface area (Å²) in [6.07, 6.45) is 0.389. The number of amides is 2. The van der Waals surface area contributed by atoms with Crippen molar-refractivity contribution in [3.63, 3.8) is 0 Å². The molecule has 0 aliphatic carbocycles. The number of halogens is 5. The summed E-state index contributed by atoms with van der Waals surface area (Å²) < 4.78 is 62.8. The number of carbonyl (C=O) groups is 1. The third-order valence-electron chi connectivity index (χ3n) is 7.75. The summed E-state index contributed by atoms with van der Waals surface area (Å²) in [6, 6.07) is 8.68. The molecule has 4 heterocycles. The highest BCUT2D eigenvalue weighted by molar-refractivity contribution is 6.36. The summed E-state index contributed by atoms with van der Waals surface area (Å²) in [7, 11) is 2.03. The van der Waals surface area contributed by atoms with Gasteiger partial charge in [-0.1, -0.05) is 17.7 Å². The van der Waals surface area contributed by atoms with E-state index in [1.807, 2.05) is 7.05 Å². The number of H-pyrrole nitrogens is 1. The third kappa shape index (κ3) is 5.74. The van der Waals surface area contributed by atoms with Gasteiger partial charge in [0, 0.05) is 55.9 Å². The molecule has 2 saturated heterocycles. The van der Waals surface area contributed by atoms with Crippen LogP contribution in [0.4, 0.5) is 33.7 Å². The van der Waals surface area contributed by atoms with Gasteiger partial charge < -0.3 is 25.3 Å². The number of likely N-dealkylation sites (tertiary alicyclic amines) is 1. The average Bonchev–Trinajstić information content (AvgIpc) is 3.42. The first-order valence-corrected chi connectivity index (χ1v) is 13.7. The molecule has 0 spiro atoms. The number of hydrogen-bond acceptors (Lipinski definition) is 5. The van der Waals surface area contributed by atoms with Gasteiger partial charge in [0.1, 0.15) is 23.0 Å². The molecule has 2 bridgehead atoms. The van der Waals surface area contributed by atoms with E-state index in [4.69, 9.17) is 16.3 Å². The maximum atomic E-state index is 14.9. The highest BCUT2D eigenvalue weighted by atomic mass is 35.5. The lowest BCUT2D eigenvalue weighted by atomic mass is 10.0. The summed E-state index contributed by atoms with van der Waals surface area (Å²) in [5.41, 5.74) is -0.392. The number of anilines is 2. The second kappa shape index (κ2) is 11.1. The number of piperazine rings is 1. The molecular weight excluding hydrogens is 576 g/mol. The largest absolute Gasteiger partial charge is 0.456 e. The Bertz CT molecular complexity index is 1630. The molecule has 2 atom stereocenters. The van der Waals surface area contributed by atoms with Crippen LogP contribution in [-0.2, 0) is 12.7 Å². The van der Waals surface area contributed by atoms with Crippen molar-refractivity contribution in [3.05, 3.63) is 76.8 Å². The molecule has 13 heteroatoms. The number of likely N-dealkylation sites (N-methyl/N-ethyl adjacent to an activating group) is 1. The molecule has 0 unspecified atom stereocenters. The zero-order chi connectivity index (χ0) is 29.6. The normalized spacial score (nSPS) is 19.3. The summed E-state index contributed by atoms with van der Waals surface area (Å²) in [6.45, 7) is 1.85. The van der Waals surface area contributed by atoms with Crippen LogP contribution < -0.4 is 15.4 Å². The lowest BCUT2D eigenvalue weighted by molar-refractivity contribution is -0.138. The zero-order valence-corrected chi connectivity index (χ0v) is 23.2. The fraction of sp³-hybridized carbons (Fsp3) is 0.310. The van der Waals surface area contributed by atoms with Crippen molar-refractivity contribution in [1.82, 2.24) is 19.8 Å². The van der Waals surface area contributed by atoms with Gasteiger partial charge in [-0.05, 0) is 55.8 Å². The van der Waals surface area contributed by atoms with Crippen molar-refractivity contribution in [3.8, 4) is 11.5 Å². The quantitative estimate of drug-likeness (QED) is 0.205. The number of carbonyl (C=O) groups excluding carboxylic acids is 1. The van der Waals surface area contributed by atoms with Gasteiger partial charge in [-0.2, -0.15) is 13.2 Å². The van der Waals surface area contributed by atoms with E-state index in [0.29, 0.717) is 21.8 Å². The summed E-state index contributed by atoms with van der Waals surface area (Å²) >= 11 is 6.18. The highest BCUT2D eigenvalue weighted by Gasteiger charge is 2.40. The Labute approximate surface area is 243 Å². The van der Waals surface area contributed by atoms with Gasteiger partial charge in [-0.3, -0.25) is 4.90 Å². The standard InChI is InChI=1S/C29H27ClF4N6O2/c1-39-14-18-4-5-19(15-39)40(18)13-16-2-3-17(10-21(16)29(32,33)34)37-28(41)38-24-7-6-20(11-23(24)31)42-25-8-9-35-27-26(25)22(30)12-36-27/h2-3,6-12,18-19H,4-5,13-15H2,1H3,(H,35,36)(H2,37,38,41)/t18-,19+. The minimum absolute atomic E-state index is 0.0598. The van der Waals surface area contributed by atoms with E-state index in [-0.39, 0.29) is 41.3 Å². The Morgan fingerprint density at radius 3 is 2.60 bits per heavy atom. The number of pyridine rings is 1. The lowest BCUT2D eigenvalue weighted by Gasteiger charge is -2.39. The van der Waals surface area contributed by atoms with Crippen LogP contribution in [0.5, 0.6) is 11.5 Å². The van der Waals surface area contributed by atoms with Crippen molar-refractivity contribution < 1.29 is 27.1 Å². The molecule has 42 heavy (non-hydrogen) atoms. The number of benzene rings is 2. The maximum Gasteiger partial charge on any atom is 0.416 e. The molecule has 4 aromatic rings. The second-order valence-electron chi connectivity index (χ2n) is 10.6. The fourth-order valence-corrected chi connectivity index (χ4v) is 6.09. The van der Waals surface area contributed by atoms with Crippen molar-refractivity contribution in [1.29, 1.82) is 0 Å². The molecule has 2 aliphatic heterocycles. The Kier molecular flexibility index (Phi) is 7.46. The van der Waals surface area contributed by atoms with E-state index < -0.39 is 23.6 Å². The molecule has 6 rings (SSSR count). The predicted octanol–water partition coefficient (Wildman–Crippen LogP) is 7.09. The number of alkyl halides is 3. The molecule has 2 aromatic carbocycles. The van der Waals surface area contributed by atoms with Crippen LogP contribution in [0.25, 0.3) is 11.0 Å². The third-order valence-corrected chi connectivity index (χ3v) is 8.04. The lowest BCUT2D eigenvalue weighted by Crippen LogP contribution is -2.51. The van der Waals surface area contributed by atoms with Gasteiger partial charge in [0.15, 0.2) is 0 Å². The molecule has 2 aliphatic rings. The van der Waals surface area contributed by atoms with Crippen LogP contribution in [0.1, 0.15) is 24.0 Å². The molecule has 2 aromatic heterocycles. The van der Waals surface area contributed by atoms with Gasteiger partial charge >= 0.3 is 12.2 Å². The summed E-state index contributed by atoms with van der Waals surface area (Å²) in [5.74, 6) is -0.308. The van der Waals surface area contributed by atoms with E-state index in [9.17, 15) is 22.4 Å². The van der Waals surface area contributed by atoms with Crippen molar-refractivity contribution in [2.75, 3.05) is 30.8 Å². The second-order valence-corrected chi connectivity index (χ2v) is 11.0. The minimum atomic E-state index is -4.61. The predicted molar refractivity (Wildman–Crippen MR) is 152 cm³/mol. The molecule has 0 saturated carbocycles. The monoisotopic (exact) mass is 602 g/mol. The number of urea groups is 1. The first-order chi connectivity index (χ1) is 20.0. The molecule has 220 valence electrons. The van der Waals surface area contributed by atoms with Crippen molar-refractivity contribution >= 4 is 40.0 Å². The molecule has 0 radical (unpaired) electrons. The van der Waals surface area contributed by atoms with E-state index in [1.165, 1.54) is 30.5 Å². The maximum absolute atomic E-state index is 14.9. The number of rotatable bonds is 6. The number of ether oxygens (including phenoxy) is 1. The first-order valence-electron chi connectivity index (χ1n) is 13.4. The van der Waals surface area contributed by atoms with Crippen LogP contribution >= 0.6 is 11.6 Å². The minimum Gasteiger partial charge on any atom is -0.456 e. The molecule has 2 amide bonds. The summed E-state index contributed by atoms with van der Waals surface area (Å²) in [4.78, 5) is 24.0. The number of fused-ring (bicyclic) bond motifs is 3. The fourth-order valence-electron chi connectivity index (χ4n) is 5.86. The molecule has 2 fully saturated rings. The van der Waals surface area contributed by atoms with Crippen molar-refractivity contribution in [2.45, 2.75) is 37.6 Å². The Morgan fingerprint density at radius 1 is 1.12 bits per heavy atom. The number of hydrogen-bond donors (Lipinski definition) is 3. The Hall–Kier alpha value is -3.87.